The molecule has 0 unspecified atom stereocenters. The number of hydrogen-bond donors (Lipinski definition) is 0. The minimum atomic E-state index is -0.559. The molecule has 0 radical (unpaired) electrons. The van der Waals surface area contributed by atoms with Crippen LogP contribution in [0.15, 0.2) is 24.3 Å². The Bertz CT molecular complexity index is 680. The van der Waals surface area contributed by atoms with E-state index in [1.807, 2.05) is 27.7 Å². The van der Waals surface area contributed by atoms with Gasteiger partial charge >= 0.3 is 12.1 Å². The molecule has 8 heteroatoms. The van der Waals surface area contributed by atoms with Crippen molar-refractivity contribution in [3.05, 3.63) is 39.9 Å². The lowest BCUT2D eigenvalue weighted by molar-refractivity contribution is -0.384. The number of amides is 1. The van der Waals surface area contributed by atoms with Gasteiger partial charge in [-0.2, -0.15) is 0 Å². The van der Waals surface area contributed by atoms with Gasteiger partial charge in [-0.3, -0.25) is 10.1 Å². The van der Waals surface area contributed by atoms with Crippen LogP contribution in [0.2, 0.25) is 0 Å². The Morgan fingerprint density at radius 3 is 2.35 bits per heavy atom. The maximum absolute atomic E-state index is 12.2. The second kappa shape index (κ2) is 7.72. The average molecular weight is 364 g/mol. The molecule has 1 aliphatic heterocycles. The quantitative estimate of drug-likeness (QED) is 0.462. The number of non-ortho nitro benzene ring substituents is 1. The number of esters is 1. The molecule has 0 bridgehead atoms. The van der Waals surface area contributed by atoms with Gasteiger partial charge in [-0.15, -0.1) is 0 Å². The number of piperidine rings is 1. The highest BCUT2D eigenvalue weighted by Crippen LogP contribution is 2.23. The predicted molar refractivity (Wildman–Crippen MR) is 93.9 cm³/mol. The molecule has 1 aliphatic rings. The molecule has 0 spiro atoms. The summed E-state index contributed by atoms with van der Waals surface area (Å²) < 4.78 is 10.9. The molecule has 1 heterocycles. The van der Waals surface area contributed by atoms with E-state index < -0.39 is 16.5 Å². The molecule has 142 valence electrons. The van der Waals surface area contributed by atoms with Crippen LogP contribution in [0, 0.1) is 10.1 Å². The first-order valence-corrected chi connectivity index (χ1v) is 8.52. The summed E-state index contributed by atoms with van der Waals surface area (Å²) in [6, 6.07) is 5.17. The monoisotopic (exact) mass is 364 g/mol. The van der Waals surface area contributed by atoms with Gasteiger partial charge in [-0.1, -0.05) is 0 Å². The molecule has 1 aromatic carbocycles. The van der Waals surface area contributed by atoms with Crippen LogP contribution in [0.3, 0.4) is 0 Å². The number of ether oxygens (including phenoxy) is 2. The number of nitro benzene ring substituents is 1. The zero-order valence-corrected chi connectivity index (χ0v) is 15.4. The van der Waals surface area contributed by atoms with Crippen molar-refractivity contribution in [3.63, 3.8) is 0 Å². The zero-order chi connectivity index (χ0) is 19.5. The summed E-state index contributed by atoms with van der Waals surface area (Å²) in [5.41, 5.74) is -0.380. The van der Waals surface area contributed by atoms with Gasteiger partial charge in [-0.05, 0) is 39.8 Å². The number of carbonyl (C=O) groups excluding carboxylic acids is 2. The van der Waals surface area contributed by atoms with E-state index >= 15 is 0 Å². The summed E-state index contributed by atoms with van der Waals surface area (Å²) in [6.07, 6.45) is 0.344. The molecule has 1 saturated heterocycles. The predicted octanol–water partition coefficient (Wildman–Crippen LogP) is 3.54. The van der Waals surface area contributed by atoms with Crippen molar-refractivity contribution < 1.29 is 24.0 Å². The fourth-order valence-corrected chi connectivity index (χ4v) is 2.77. The van der Waals surface area contributed by atoms with E-state index in [1.165, 1.54) is 24.3 Å². The fourth-order valence-electron chi connectivity index (χ4n) is 2.77. The number of carbonyl (C=O) groups is 2. The van der Waals surface area contributed by atoms with Crippen molar-refractivity contribution in [2.24, 2.45) is 0 Å². The summed E-state index contributed by atoms with van der Waals surface area (Å²) in [4.78, 5) is 36.2. The molecule has 0 aliphatic carbocycles. The van der Waals surface area contributed by atoms with Crippen molar-refractivity contribution in [1.82, 2.24) is 4.90 Å². The lowest BCUT2D eigenvalue weighted by Crippen LogP contribution is -2.48. The summed E-state index contributed by atoms with van der Waals surface area (Å²) >= 11 is 0. The van der Waals surface area contributed by atoms with Gasteiger partial charge in [0.15, 0.2) is 0 Å². The van der Waals surface area contributed by atoms with Crippen molar-refractivity contribution in [2.75, 3.05) is 6.54 Å². The summed E-state index contributed by atoms with van der Waals surface area (Å²) in [5.74, 6) is -0.525. The van der Waals surface area contributed by atoms with E-state index in [0.717, 1.165) is 0 Å². The molecule has 1 aromatic rings. The highest BCUT2D eigenvalue weighted by molar-refractivity contribution is 5.89. The molecular formula is C18H24N2O6. The zero-order valence-electron chi connectivity index (χ0n) is 15.4. The van der Waals surface area contributed by atoms with Crippen molar-refractivity contribution in [1.29, 1.82) is 0 Å². The van der Waals surface area contributed by atoms with Crippen LogP contribution in [-0.4, -0.2) is 46.2 Å². The fraction of sp³-hybridized carbons (Fsp3) is 0.556. The van der Waals surface area contributed by atoms with Crippen LogP contribution in [0.5, 0.6) is 0 Å². The van der Waals surface area contributed by atoms with Gasteiger partial charge in [0.25, 0.3) is 5.69 Å². The second-order valence-electron chi connectivity index (χ2n) is 7.38. The summed E-state index contributed by atoms with van der Waals surface area (Å²) in [5, 5.41) is 10.7. The van der Waals surface area contributed by atoms with Gasteiger partial charge in [0.05, 0.1) is 10.5 Å². The molecule has 1 fully saturated rings. The largest absolute Gasteiger partial charge is 0.459 e. The van der Waals surface area contributed by atoms with Gasteiger partial charge in [0.2, 0.25) is 0 Å². The van der Waals surface area contributed by atoms with E-state index in [1.54, 1.807) is 4.90 Å². The molecule has 26 heavy (non-hydrogen) atoms. The van der Waals surface area contributed by atoms with Crippen LogP contribution in [0.25, 0.3) is 0 Å². The Kier molecular flexibility index (Phi) is 5.84. The van der Waals surface area contributed by atoms with Gasteiger partial charge in [0.1, 0.15) is 11.7 Å². The molecular weight excluding hydrogens is 340 g/mol. The number of rotatable bonds is 3. The van der Waals surface area contributed by atoms with Crippen LogP contribution in [-0.2, 0) is 9.47 Å². The standard InChI is InChI=1S/C18H24N2O6/c1-12-11-15(9-10-19(12)17(22)26-18(2,3)4)25-16(21)13-5-7-14(8-6-13)20(23)24/h5-8,12,15H,9-11H2,1-4H3/t12-,15+/m0/s1. The highest BCUT2D eigenvalue weighted by atomic mass is 16.6. The lowest BCUT2D eigenvalue weighted by atomic mass is 10.0. The lowest BCUT2D eigenvalue weighted by Gasteiger charge is -2.37. The second-order valence-corrected chi connectivity index (χ2v) is 7.38. The smallest absolute Gasteiger partial charge is 0.410 e. The van der Waals surface area contributed by atoms with Gasteiger partial charge < -0.3 is 14.4 Å². The van der Waals surface area contributed by atoms with Crippen molar-refractivity contribution in [2.45, 2.75) is 58.3 Å². The van der Waals surface area contributed by atoms with Crippen LogP contribution >= 0.6 is 0 Å². The number of nitro groups is 1. The number of nitrogens with zero attached hydrogens (tertiary/aromatic N) is 2. The summed E-state index contributed by atoms with van der Waals surface area (Å²) in [7, 11) is 0. The third-order valence-electron chi connectivity index (χ3n) is 4.04. The molecule has 2 rings (SSSR count). The highest BCUT2D eigenvalue weighted by Gasteiger charge is 2.33. The molecule has 2 atom stereocenters. The van der Waals surface area contributed by atoms with Gasteiger partial charge in [-0.25, -0.2) is 9.59 Å². The van der Waals surface area contributed by atoms with E-state index in [-0.39, 0.29) is 29.5 Å². The Morgan fingerprint density at radius 2 is 1.85 bits per heavy atom. The normalized spacial score (nSPS) is 20.4. The Morgan fingerprint density at radius 1 is 1.23 bits per heavy atom. The van der Waals surface area contributed by atoms with E-state index in [4.69, 9.17) is 9.47 Å². The van der Waals surface area contributed by atoms with E-state index in [2.05, 4.69) is 0 Å². The number of hydrogen-bond acceptors (Lipinski definition) is 6. The number of benzene rings is 1. The molecule has 0 saturated carbocycles. The maximum Gasteiger partial charge on any atom is 0.410 e. The minimum absolute atomic E-state index is 0.0826. The van der Waals surface area contributed by atoms with Crippen molar-refractivity contribution in [3.8, 4) is 0 Å². The Balaban J connectivity index is 1.91. The average Bonchev–Trinajstić information content (AvgIpc) is 2.53. The topological polar surface area (TPSA) is 99.0 Å². The molecule has 0 aromatic heterocycles. The first kappa shape index (κ1) is 19.7. The molecule has 0 N–H and O–H groups in total. The third-order valence-corrected chi connectivity index (χ3v) is 4.04. The maximum atomic E-state index is 12.2. The van der Waals surface area contributed by atoms with E-state index in [0.29, 0.717) is 19.4 Å². The van der Waals surface area contributed by atoms with Gasteiger partial charge in [0, 0.05) is 37.6 Å². The van der Waals surface area contributed by atoms with Crippen LogP contribution < -0.4 is 0 Å². The molecule has 8 nitrogen and oxygen atoms in total. The minimum Gasteiger partial charge on any atom is -0.459 e. The van der Waals surface area contributed by atoms with Crippen molar-refractivity contribution >= 4 is 17.7 Å². The van der Waals surface area contributed by atoms with E-state index in [9.17, 15) is 19.7 Å². The Labute approximate surface area is 152 Å². The molecule has 1 amide bonds. The van der Waals surface area contributed by atoms with Crippen LogP contribution in [0.1, 0.15) is 50.9 Å². The van der Waals surface area contributed by atoms with Crippen LogP contribution in [0.4, 0.5) is 10.5 Å². The first-order valence-electron chi connectivity index (χ1n) is 8.52. The third kappa shape index (κ3) is 5.18. The Hall–Kier alpha value is -2.64. The number of likely N-dealkylation sites (tertiary alicyclic amines) is 1. The first-order chi connectivity index (χ1) is 12.1. The SMILES string of the molecule is C[C@H]1C[C@H](OC(=O)c2ccc([N+](=O)[O-])cc2)CCN1C(=O)OC(C)(C)C. The summed E-state index contributed by atoms with van der Waals surface area (Å²) in [6.45, 7) is 7.76.